The van der Waals surface area contributed by atoms with Crippen LogP contribution in [0.2, 0.25) is 5.02 Å². The van der Waals surface area contributed by atoms with Crippen LogP contribution in [0.5, 0.6) is 0 Å². The maximum absolute atomic E-state index is 14.6. The molecule has 0 amide bonds. The van der Waals surface area contributed by atoms with Gasteiger partial charge in [0.15, 0.2) is 5.65 Å². The van der Waals surface area contributed by atoms with Crippen LogP contribution in [0.4, 0.5) is 10.2 Å². The van der Waals surface area contributed by atoms with Crippen molar-refractivity contribution in [2.24, 2.45) is 0 Å². The van der Waals surface area contributed by atoms with Crippen LogP contribution in [0.25, 0.3) is 16.7 Å². The van der Waals surface area contributed by atoms with E-state index in [1.165, 1.54) is 0 Å². The lowest BCUT2D eigenvalue weighted by molar-refractivity contribution is 0.604. The Bertz CT molecular complexity index is 1630. The van der Waals surface area contributed by atoms with E-state index in [-0.39, 0.29) is 12.4 Å². The summed E-state index contributed by atoms with van der Waals surface area (Å²) in [7, 11) is 0. The molecule has 0 fully saturated rings. The Morgan fingerprint density at radius 3 is 2.71 bits per heavy atom. The number of aromatic amines is 1. The Morgan fingerprint density at radius 2 is 1.94 bits per heavy atom. The van der Waals surface area contributed by atoms with Gasteiger partial charge in [0, 0.05) is 35.2 Å². The molecule has 1 aromatic carbocycles. The molecule has 0 spiro atoms. The van der Waals surface area contributed by atoms with Crippen molar-refractivity contribution >= 4 is 34.1 Å². The molecule has 2 N–H and O–H groups in total. The highest BCUT2D eigenvalue weighted by molar-refractivity contribution is 6.31. The number of fused-ring (bicyclic) bond motifs is 2. The Kier molecular flexibility index (Phi) is 5.80. The number of H-pyrrole nitrogens is 1. The number of imidazole rings is 1. The number of aryl methyl sites for hydroxylation is 2. The zero-order valence-electron chi connectivity index (χ0n) is 19.9. The highest BCUT2D eigenvalue weighted by atomic mass is 35.5. The number of rotatable bonds is 6. The lowest BCUT2D eigenvalue weighted by atomic mass is 10.1. The van der Waals surface area contributed by atoms with Gasteiger partial charge in [0.25, 0.3) is 0 Å². The van der Waals surface area contributed by atoms with Crippen LogP contribution in [0, 0.1) is 19.7 Å². The number of hydrogen-bond donors (Lipinski definition) is 2. The molecule has 4 aromatic heterocycles. The second-order valence-corrected chi connectivity index (χ2v) is 9.40. The third-order valence-electron chi connectivity index (χ3n) is 6.11. The minimum atomic E-state index is -0.544. The highest BCUT2D eigenvalue weighted by Crippen LogP contribution is 2.25. The maximum Gasteiger partial charge on any atom is 0.348 e. The molecule has 10 heteroatoms. The van der Waals surface area contributed by atoms with Gasteiger partial charge >= 0.3 is 5.69 Å². The normalized spacial score (nSPS) is 11.7. The Labute approximate surface area is 205 Å². The van der Waals surface area contributed by atoms with Crippen LogP contribution in [0.15, 0.2) is 41.5 Å². The van der Waals surface area contributed by atoms with Gasteiger partial charge in [0.2, 0.25) is 0 Å². The summed E-state index contributed by atoms with van der Waals surface area (Å²) in [5.41, 5.74) is 4.79. The van der Waals surface area contributed by atoms with E-state index < -0.39 is 5.69 Å². The first-order chi connectivity index (χ1) is 16.7. The molecule has 0 unspecified atom stereocenters. The number of aromatic nitrogens is 6. The summed E-state index contributed by atoms with van der Waals surface area (Å²) in [6.45, 7) is 8.57. The summed E-state index contributed by atoms with van der Waals surface area (Å²) in [5, 5.41) is 8.51. The first-order valence-electron chi connectivity index (χ1n) is 11.3. The summed E-state index contributed by atoms with van der Waals surface area (Å²) in [6.07, 6.45) is 3.86. The minimum absolute atomic E-state index is 0.0812. The van der Waals surface area contributed by atoms with Crippen molar-refractivity contribution in [1.29, 1.82) is 0 Å². The van der Waals surface area contributed by atoms with Crippen molar-refractivity contribution in [2.45, 2.75) is 46.7 Å². The summed E-state index contributed by atoms with van der Waals surface area (Å²) in [4.78, 5) is 23.6. The average Bonchev–Trinajstić information content (AvgIpc) is 3.36. The van der Waals surface area contributed by atoms with Crippen LogP contribution in [0.1, 0.15) is 47.8 Å². The van der Waals surface area contributed by atoms with E-state index >= 15 is 0 Å². The van der Waals surface area contributed by atoms with Crippen LogP contribution in [-0.2, 0) is 13.1 Å². The minimum Gasteiger partial charge on any atom is -0.365 e. The molecular weight excluding hydrogens is 469 g/mol. The van der Waals surface area contributed by atoms with Crippen LogP contribution < -0.4 is 11.0 Å². The molecule has 0 saturated carbocycles. The third-order valence-corrected chi connectivity index (χ3v) is 6.47. The molecule has 5 rings (SSSR count). The molecule has 0 radical (unpaired) electrons. The van der Waals surface area contributed by atoms with E-state index in [1.807, 2.05) is 12.1 Å². The van der Waals surface area contributed by atoms with Crippen molar-refractivity contribution < 1.29 is 4.39 Å². The average molecular weight is 494 g/mol. The predicted octanol–water partition coefficient (Wildman–Crippen LogP) is 4.96. The number of hydrogen-bond acceptors (Lipinski definition) is 5. The van der Waals surface area contributed by atoms with E-state index in [0.717, 1.165) is 22.6 Å². The van der Waals surface area contributed by atoms with Gasteiger partial charge in [-0.15, -0.1) is 0 Å². The van der Waals surface area contributed by atoms with Crippen LogP contribution in [0.3, 0.4) is 0 Å². The number of nitrogens with one attached hydrogen (secondary N) is 2. The Morgan fingerprint density at radius 1 is 1.14 bits per heavy atom. The van der Waals surface area contributed by atoms with Gasteiger partial charge in [-0.1, -0.05) is 37.6 Å². The summed E-state index contributed by atoms with van der Waals surface area (Å²) in [5.74, 6) is 0.273. The summed E-state index contributed by atoms with van der Waals surface area (Å²) >= 11 is 6.19. The van der Waals surface area contributed by atoms with Gasteiger partial charge < -0.3 is 9.72 Å². The molecule has 0 aliphatic heterocycles. The predicted molar refractivity (Wildman–Crippen MR) is 135 cm³/mol. The topological polar surface area (TPSA) is 92.9 Å². The summed E-state index contributed by atoms with van der Waals surface area (Å²) in [6, 6.07) is 7.29. The molecule has 5 aromatic rings. The highest BCUT2D eigenvalue weighted by Gasteiger charge is 2.15. The number of nitrogens with zero attached hydrogens (tertiary/aromatic N) is 5. The van der Waals surface area contributed by atoms with E-state index in [1.54, 1.807) is 29.9 Å². The van der Waals surface area contributed by atoms with Crippen molar-refractivity contribution in [1.82, 2.24) is 29.1 Å². The lowest BCUT2D eigenvalue weighted by Gasteiger charge is -2.10. The summed E-state index contributed by atoms with van der Waals surface area (Å²) < 4.78 is 18.4. The quantitative estimate of drug-likeness (QED) is 0.349. The SMILES string of the molecule is Cc1ccc(Cl)c(CNc2nc(=O)[nH]c3nn(Cc4ccc5nc(C(C)C)c(C)n5c4)cc23)c1F. The zero-order chi connectivity index (χ0) is 24.9. The number of pyridine rings is 1. The number of halogens is 2. The molecule has 0 aliphatic carbocycles. The van der Waals surface area contributed by atoms with Crippen molar-refractivity contribution in [3.8, 4) is 0 Å². The maximum atomic E-state index is 14.6. The molecule has 0 aliphatic rings. The van der Waals surface area contributed by atoms with Crippen molar-refractivity contribution in [2.75, 3.05) is 5.32 Å². The second-order valence-electron chi connectivity index (χ2n) is 8.99. The Balaban J connectivity index is 1.45. The molecule has 8 nitrogen and oxygen atoms in total. The molecule has 35 heavy (non-hydrogen) atoms. The van der Waals surface area contributed by atoms with Crippen LogP contribution in [-0.4, -0.2) is 29.1 Å². The monoisotopic (exact) mass is 493 g/mol. The first kappa shape index (κ1) is 23.0. The second kappa shape index (κ2) is 8.81. The van der Waals surface area contributed by atoms with E-state index in [4.69, 9.17) is 16.6 Å². The van der Waals surface area contributed by atoms with Gasteiger partial charge in [-0.2, -0.15) is 10.1 Å². The van der Waals surface area contributed by atoms with Crippen molar-refractivity contribution in [3.05, 3.63) is 86.1 Å². The van der Waals surface area contributed by atoms with E-state index in [0.29, 0.717) is 45.5 Å². The molecule has 0 saturated heterocycles. The Hall–Kier alpha value is -3.72. The first-order valence-corrected chi connectivity index (χ1v) is 11.7. The zero-order valence-corrected chi connectivity index (χ0v) is 20.6. The number of benzene rings is 1. The lowest BCUT2D eigenvalue weighted by Crippen LogP contribution is -2.14. The van der Waals surface area contributed by atoms with Gasteiger partial charge in [-0.05, 0) is 43.0 Å². The molecule has 0 atom stereocenters. The van der Waals surface area contributed by atoms with Crippen molar-refractivity contribution in [3.63, 3.8) is 0 Å². The van der Waals surface area contributed by atoms with Gasteiger partial charge in [-0.3, -0.25) is 9.67 Å². The fourth-order valence-electron chi connectivity index (χ4n) is 4.29. The smallest absolute Gasteiger partial charge is 0.348 e. The van der Waals surface area contributed by atoms with Gasteiger partial charge in [-0.25, -0.2) is 14.2 Å². The van der Waals surface area contributed by atoms with Crippen LogP contribution >= 0.6 is 11.6 Å². The number of anilines is 1. The van der Waals surface area contributed by atoms with Gasteiger partial charge in [0.1, 0.15) is 17.3 Å². The standard InChI is InChI=1S/C25H25ClFN7O/c1-13(2)22-15(4)34-11-16(6-8-20(34)29-22)10-33-12-18-23(30-25(35)31-24(18)32-33)28-9-17-19(26)7-5-14(3)21(17)27/h5-8,11-13H,9-10H2,1-4H3,(H2,28,30,31,32,35). The van der Waals surface area contributed by atoms with E-state index in [2.05, 4.69) is 51.8 Å². The molecule has 4 heterocycles. The molecule has 0 bridgehead atoms. The molecular formula is C25H25ClFN7O. The largest absolute Gasteiger partial charge is 0.365 e. The third kappa shape index (κ3) is 4.27. The molecule has 180 valence electrons. The van der Waals surface area contributed by atoms with E-state index in [9.17, 15) is 9.18 Å². The fraction of sp³-hybridized carbons (Fsp3) is 0.280. The fourth-order valence-corrected chi connectivity index (χ4v) is 4.51. The van der Waals surface area contributed by atoms with Gasteiger partial charge in [0.05, 0.1) is 17.6 Å².